The fourth-order valence-electron chi connectivity index (χ4n) is 2.59. The summed E-state index contributed by atoms with van der Waals surface area (Å²) in [5.74, 6) is 0.958. The lowest BCUT2D eigenvalue weighted by atomic mass is 10.1. The predicted octanol–water partition coefficient (Wildman–Crippen LogP) is 3.05. The van der Waals surface area contributed by atoms with Crippen molar-refractivity contribution in [2.24, 2.45) is 0 Å². The van der Waals surface area contributed by atoms with Gasteiger partial charge in [0, 0.05) is 11.6 Å². The van der Waals surface area contributed by atoms with Crippen LogP contribution in [0.2, 0.25) is 0 Å². The summed E-state index contributed by atoms with van der Waals surface area (Å²) < 4.78 is 0. The molecule has 3 aromatic rings. The summed E-state index contributed by atoms with van der Waals surface area (Å²) in [6, 6.07) is 16.4. The molecule has 22 heavy (non-hydrogen) atoms. The van der Waals surface area contributed by atoms with E-state index in [0.717, 1.165) is 40.8 Å². The molecule has 0 saturated heterocycles. The number of benzene rings is 2. The number of amides is 1. The topological polar surface area (TPSA) is 57.8 Å². The quantitative estimate of drug-likeness (QED) is 0.776. The van der Waals surface area contributed by atoms with E-state index in [1.807, 2.05) is 48.5 Å². The van der Waals surface area contributed by atoms with Crippen molar-refractivity contribution >= 4 is 16.9 Å². The molecule has 2 aromatic carbocycles. The third-order valence-electron chi connectivity index (χ3n) is 3.90. The highest BCUT2D eigenvalue weighted by Crippen LogP contribution is 2.22. The Bertz CT molecular complexity index is 819. The van der Waals surface area contributed by atoms with E-state index < -0.39 is 0 Å². The maximum Gasteiger partial charge on any atom is 0.224 e. The minimum atomic E-state index is 0.102. The van der Waals surface area contributed by atoms with Gasteiger partial charge >= 0.3 is 0 Å². The number of aromatic amines is 1. The zero-order chi connectivity index (χ0) is 14.9. The molecule has 1 heterocycles. The first-order valence-electron chi connectivity index (χ1n) is 7.61. The summed E-state index contributed by atoms with van der Waals surface area (Å²) in [5, 5.41) is 3.02. The Hall–Kier alpha value is -2.62. The van der Waals surface area contributed by atoms with Crippen LogP contribution in [-0.2, 0) is 11.2 Å². The van der Waals surface area contributed by atoms with Gasteiger partial charge in [-0.25, -0.2) is 4.98 Å². The molecular formula is C18H17N3O. The number of carbonyl (C=O) groups excluding carboxylic acids is 1. The number of aromatic nitrogens is 2. The number of nitrogens with one attached hydrogen (secondary N) is 2. The molecule has 0 unspecified atom stereocenters. The van der Waals surface area contributed by atoms with Crippen molar-refractivity contribution in [1.29, 1.82) is 0 Å². The standard InChI is InChI=1S/C18H17N3O/c22-17(19-14-7-8-14)11-12-6-9-15-16(10-12)21-18(20-15)13-4-2-1-3-5-13/h1-6,9-10,14H,7-8,11H2,(H,19,22)(H,20,21). The average Bonchev–Trinajstić information content (AvgIpc) is 3.23. The first-order valence-corrected chi connectivity index (χ1v) is 7.61. The molecule has 1 amide bonds. The van der Waals surface area contributed by atoms with Crippen LogP contribution < -0.4 is 5.32 Å². The number of H-pyrrole nitrogens is 1. The van der Waals surface area contributed by atoms with Gasteiger partial charge in [0.1, 0.15) is 5.82 Å². The van der Waals surface area contributed by atoms with Crippen LogP contribution in [0.5, 0.6) is 0 Å². The smallest absolute Gasteiger partial charge is 0.224 e. The molecule has 0 radical (unpaired) electrons. The molecule has 1 aromatic heterocycles. The lowest BCUT2D eigenvalue weighted by Crippen LogP contribution is -2.26. The van der Waals surface area contributed by atoms with Crippen LogP contribution in [0.3, 0.4) is 0 Å². The predicted molar refractivity (Wildman–Crippen MR) is 86.4 cm³/mol. The van der Waals surface area contributed by atoms with Crippen LogP contribution in [0.25, 0.3) is 22.4 Å². The molecule has 0 aliphatic heterocycles. The third kappa shape index (κ3) is 2.72. The van der Waals surface area contributed by atoms with Crippen molar-refractivity contribution in [3.63, 3.8) is 0 Å². The SMILES string of the molecule is O=C(Cc1ccc2nc(-c3ccccc3)[nH]c2c1)NC1CC1. The van der Waals surface area contributed by atoms with Crippen LogP contribution in [-0.4, -0.2) is 21.9 Å². The lowest BCUT2D eigenvalue weighted by Gasteiger charge is -2.03. The molecule has 2 N–H and O–H groups in total. The van der Waals surface area contributed by atoms with E-state index in [9.17, 15) is 4.79 Å². The Labute approximate surface area is 128 Å². The van der Waals surface area contributed by atoms with Crippen LogP contribution >= 0.6 is 0 Å². The van der Waals surface area contributed by atoms with E-state index in [-0.39, 0.29) is 5.91 Å². The van der Waals surface area contributed by atoms with Gasteiger partial charge in [-0.2, -0.15) is 0 Å². The highest BCUT2D eigenvalue weighted by Gasteiger charge is 2.23. The van der Waals surface area contributed by atoms with Crippen LogP contribution in [0.15, 0.2) is 48.5 Å². The molecule has 1 saturated carbocycles. The van der Waals surface area contributed by atoms with Crippen molar-refractivity contribution in [3.05, 3.63) is 54.1 Å². The van der Waals surface area contributed by atoms with Crippen LogP contribution in [0.4, 0.5) is 0 Å². The van der Waals surface area contributed by atoms with Crippen molar-refractivity contribution in [2.75, 3.05) is 0 Å². The van der Waals surface area contributed by atoms with Gasteiger partial charge in [-0.05, 0) is 30.5 Å². The van der Waals surface area contributed by atoms with Gasteiger partial charge in [0.2, 0.25) is 5.91 Å². The Kier molecular flexibility index (Phi) is 3.15. The Morgan fingerprint density at radius 3 is 2.77 bits per heavy atom. The molecule has 110 valence electrons. The van der Waals surface area contributed by atoms with Crippen LogP contribution in [0, 0.1) is 0 Å². The normalized spacial score (nSPS) is 14.2. The largest absolute Gasteiger partial charge is 0.353 e. The number of fused-ring (bicyclic) bond motifs is 1. The van der Waals surface area contributed by atoms with Gasteiger partial charge in [0.25, 0.3) is 0 Å². The van der Waals surface area contributed by atoms with E-state index in [4.69, 9.17) is 0 Å². The molecule has 4 heteroatoms. The first-order chi connectivity index (χ1) is 10.8. The Morgan fingerprint density at radius 2 is 2.00 bits per heavy atom. The second-order valence-corrected chi connectivity index (χ2v) is 5.82. The minimum Gasteiger partial charge on any atom is -0.353 e. The number of rotatable bonds is 4. The van der Waals surface area contributed by atoms with Gasteiger partial charge in [-0.3, -0.25) is 4.79 Å². The highest BCUT2D eigenvalue weighted by molar-refractivity contribution is 5.83. The molecule has 4 rings (SSSR count). The molecule has 0 atom stereocenters. The van der Waals surface area contributed by atoms with E-state index in [2.05, 4.69) is 15.3 Å². The minimum absolute atomic E-state index is 0.102. The second kappa shape index (κ2) is 5.30. The zero-order valence-electron chi connectivity index (χ0n) is 12.2. The van der Waals surface area contributed by atoms with E-state index in [0.29, 0.717) is 12.5 Å². The molecule has 4 nitrogen and oxygen atoms in total. The maximum absolute atomic E-state index is 11.9. The molecule has 1 aliphatic rings. The molecule has 1 fully saturated rings. The summed E-state index contributed by atoms with van der Waals surface area (Å²) in [6.45, 7) is 0. The average molecular weight is 291 g/mol. The Balaban J connectivity index is 1.59. The molecular weight excluding hydrogens is 274 g/mol. The van der Waals surface area contributed by atoms with Crippen LogP contribution in [0.1, 0.15) is 18.4 Å². The third-order valence-corrected chi connectivity index (χ3v) is 3.90. The van der Waals surface area contributed by atoms with Gasteiger partial charge in [0.05, 0.1) is 17.5 Å². The fourth-order valence-corrected chi connectivity index (χ4v) is 2.59. The number of hydrogen-bond acceptors (Lipinski definition) is 2. The second-order valence-electron chi connectivity index (χ2n) is 5.82. The summed E-state index contributed by atoms with van der Waals surface area (Å²) >= 11 is 0. The molecule has 0 spiro atoms. The summed E-state index contributed by atoms with van der Waals surface area (Å²) in [7, 11) is 0. The summed E-state index contributed by atoms with van der Waals surface area (Å²) in [5.41, 5.74) is 3.96. The zero-order valence-corrected chi connectivity index (χ0v) is 12.2. The van der Waals surface area contributed by atoms with Crippen molar-refractivity contribution < 1.29 is 4.79 Å². The van der Waals surface area contributed by atoms with Crippen molar-refractivity contribution in [3.8, 4) is 11.4 Å². The van der Waals surface area contributed by atoms with Gasteiger partial charge in [-0.15, -0.1) is 0 Å². The highest BCUT2D eigenvalue weighted by atomic mass is 16.1. The maximum atomic E-state index is 11.9. The number of imidazole rings is 1. The van der Waals surface area contributed by atoms with E-state index in [1.165, 1.54) is 0 Å². The summed E-state index contributed by atoms with van der Waals surface area (Å²) in [6.07, 6.45) is 2.66. The van der Waals surface area contributed by atoms with Crippen molar-refractivity contribution in [1.82, 2.24) is 15.3 Å². The number of hydrogen-bond donors (Lipinski definition) is 2. The van der Waals surface area contributed by atoms with Gasteiger partial charge in [0.15, 0.2) is 0 Å². The molecule has 1 aliphatic carbocycles. The molecule has 0 bridgehead atoms. The van der Waals surface area contributed by atoms with Gasteiger partial charge < -0.3 is 10.3 Å². The van der Waals surface area contributed by atoms with Crippen molar-refractivity contribution in [2.45, 2.75) is 25.3 Å². The number of carbonyl (C=O) groups is 1. The van der Waals surface area contributed by atoms with E-state index in [1.54, 1.807) is 0 Å². The number of nitrogens with zero attached hydrogens (tertiary/aromatic N) is 1. The lowest BCUT2D eigenvalue weighted by molar-refractivity contribution is -0.120. The summed E-state index contributed by atoms with van der Waals surface area (Å²) in [4.78, 5) is 19.8. The first kappa shape index (κ1) is 13.1. The monoisotopic (exact) mass is 291 g/mol. The van der Waals surface area contributed by atoms with Gasteiger partial charge in [-0.1, -0.05) is 36.4 Å². The Morgan fingerprint density at radius 1 is 1.18 bits per heavy atom. The van der Waals surface area contributed by atoms with E-state index >= 15 is 0 Å². The fraction of sp³-hybridized carbons (Fsp3) is 0.222.